The summed E-state index contributed by atoms with van der Waals surface area (Å²) in [6.45, 7) is 2.02. The molecule has 4 nitrogen and oxygen atoms in total. The highest BCUT2D eigenvalue weighted by atomic mass is 35.5. The molecule has 1 aromatic carbocycles. The van der Waals surface area contributed by atoms with Gasteiger partial charge in [0.1, 0.15) is 0 Å². The lowest BCUT2D eigenvalue weighted by Gasteiger charge is -2.23. The lowest BCUT2D eigenvalue weighted by molar-refractivity contribution is -0.117. The number of amides is 1. The minimum Gasteiger partial charge on any atom is -0.378 e. The maximum Gasteiger partial charge on any atom is 0.226 e. The van der Waals surface area contributed by atoms with Gasteiger partial charge >= 0.3 is 0 Å². The van der Waals surface area contributed by atoms with Crippen molar-refractivity contribution < 1.29 is 9.53 Å². The summed E-state index contributed by atoms with van der Waals surface area (Å²) in [7, 11) is 0. The molecule has 0 radical (unpaired) electrons. The van der Waals surface area contributed by atoms with Gasteiger partial charge in [0.05, 0.1) is 28.9 Å². The van der Waals surface area contributed by atoms with Crippen LogP contribution in [0.15, 0.2) is 18.2 Å². The van der Waals surface area contributed by atoms with Crippen LogP contribution >= 0.6 is 23.2 Å². The molecule has 2 rings (SSSR count). The van der Waals surface area contributed by atoms with E-state index in [1.54, 1.807) is 18.2 Å². The van der Waals surface area contributed by atoms with Crippen molar-refractivity contribution in [3.05, 3.63) is 28.2 Å². The van der Waals surface area contributed by atoms with Gasteiger partial charge in [-0.25, -0.2) is 0 Å². The highest BCUT2D eigenvalue weighted by molar-refractivity contribution is 6.43. The molecule has 1 aliphatic rings. The highest BCUT2D eigenvalue weighted by Crippen LogP contribution is 2.29. The van der Waals surface area contributed by atoms with Crippen LogP contribution in [-0.2, 0) is 9.53 Å². The van der Waals surface area contributed by atoms with E-state index in [1.165, 1.54) is 0 Å². The molecule has 0 bridgehead atoms. The molecule has 1 saturated heterocycles. The predicted molar refractivity (Wildman–Crippen MR) is 72.3 cm³/mol. The molecule has 1 unspecified atom stereocenters. The van der Waals surface area contributed by atoms with Crippen LogP contribution in [-0.4, -0.2) is 31.7 Å². The van der Waals surface area contributed by atoms with Crippen molar-refractivity contribution in [1.82, 2.24) is 5.32 Å². The van der Waals surface area contributed by atoms with Crippen LogP contribution in [0.3, 0.4) is 0 Å². The number of benzene rings is 1. The van der Waals surface area contributed by atoms with Crippen molar-refractivity contribution in [3.63, 3.8) is 0 Å². The first-order chi connectivity index (χ1) is 8.66. The molecule has 1 amide bonds. The van der Waals surface area contributed by atoms with Crippen LogP contribution in [0.5, 0.6) is 0 Å². The third-order valence-corrected chi connectivity index (χ3v) is 3.47. The summed E-state index contributed by atoms with van der Waals surface area (Å²) in [4.78, 5) is 11.8. The van der Waals surface area contributed by atoms with E-state index in [4.69, 9.17) is 27.9 Å². The first kappa shape index (κ1) is 13.6. The van der Waals surface area contributed by atoms with Gasteiger partial charge in [-0.15, -0.1) is 0 Å². The molecule has 2 N–H and O–H groups in total. The molecule has 6 heteroatoms. The van der Waals surface area contributed by atoms with Crippen molar-refractivity contribution in [1.29, 1.82) is 0 Å². The maximum absolute atomic E-state index is 11.8. The molecule has 98 valence electrons. The Bertz CT molecular complexity index is 434. The number of hydrogen-bond acceptors (Lipinski definition) is 3. The molecule has 0 spiro atoms. The molecule has 1 heterocycles. The van der Waals surface area contributed by atoms with E-state index < -0.39 is 0 Å². The van der Waals surface area contributed by atoms with Crippen molar-refractivity contribution in [3.8, 4) is 0 Å². The fraction of sp³-hybridized carbons (Fsp3) is 0.417. The number of ether oxygens (including phenoxy) is 1. The topological polar surface area (TPSA) is 50.4 Å². The zero-order chi connectivity index (χ0) is 13.0. The monoisotopic (exact) mass is 288 g/mol. The molecular weight excluding hydrogens is 275 g/mol. The summed E-state index contributed by atoms with van der Waals surface area (Å²) < 4.78 is 5.29. The minimum absolute atomic E-state index is 0.0525. The number of halogens is 2. The quantitative estimate of drug-likeness (QED) is 0.897. The Labute approximate surface area is 116 Å². The lowest BCUT2D eigenvalue weighted by Crippen LogP contribution is -2.43. The Kier molecular flexibility index (Phi) is 4.83. The zero-order valence-corrected chi connectivity index (χ0v) is 11.2. The van der Waals surface area contributed by atoms with Crippen LogP contribution in [0.25, 0.3) is 0 Å². The second-order valence-electron chi connectivity index (χ2n) is 4.08. The Morgan fingerprint density at radius 1 is 1.50 bits per heavy atom. The maximum atomic E-state index is 11.8. The first-order valence-electron chi connectivity index (χ1n) is 5.72. The average Bonchev–Trinajstić information content (AvgIpc) is 2.36. The molecule has 0 saturated carbocycles. The predicted octanol–water partition coefficient (Wildman–Crippen LogP) is 2.31. The zero-order valence-electron chi connectivity index (χ0n) is 9.71. The number of carbonyl (C=O) groups excluding carboxylic acids is 1. The van der Waals surface area contributed by atoms with Gasteiger partial charge in [-0.05, 0) is 12.1 Å². The van der Waals surface area contributed by atoms with Crippen LogP contribution in [0, 0.1) is 0 Å². The minimum atomic E-state index is -0.109. The summed E-state index contributed by atoms with van der Waals surface area (Å²) >= 11 is 11.9. The SMILES string of the molecule is O=C(CC1COCCN1)Nc1cccc(Cl)c1Cl. The van der Waals surface area contributed by atoms with Crippen LogP contribution in [0.4, 0.5) is 5.69 Å². The number of nitrogens with one attached hydrogen (secondary N) is 2. The van der Waals surface area contributed by atoms with E-state index >= 15 is 0 Å². The van der Waals surface area contributed by atoms with Crippen molar-refractivity contribution in [2.75, 3.05) is 25.1 Å². The van der Waals surface area contributed by atoms with Gasteiger partial charge in [-0.3, -0.25) is 4.79 Å². The van der Waals surface area contributed by atoms with Gasteiger partial charge in [-0.2, -0.15) is 0 Å². The summed E-state index contributed by atoms with van der Waals surface area (Å²) in [5, 5.41) is 6.75. The van der Waals surface area contributed by atoms with Gasteiger partial charge in [0.2, 0.25) is 5.91 Å². The third kappa shape index (κ3) is 3.59. The number of carbonyl (C=O) groups is 1. The molecular formula is C12H14Cl2N2O2. The number of rotatable bonds is 3. The van der Waals surface area contributed by atoms with E-state index in [2.05, 4.69) is 10.6 Å². The smallest absolute Gasteiger partial charge is 0.226 e. The van der Waals surface area contributed by atoms with E-state index in [-0.39, 0.29) is 11.9 Å². The van der Waals surface area contributed by atoms with Gasteiger partial charge in [0.25, 0.3) is 0 Å². The van der Waals surface area contributed by atoms with Crippen LogP contribution in [0.1, 0.15) is 6.42 Å². The van der Waals surface area contributed by atoms with E-state index in [9.17, 15) is 4.79 Å². The first-order valence-corrected chi connectivity index (χ1v) is 6.47. The van der Waals surface area contributed by atoms with E-state index in [1.807, 2.05) is 0 Å². The molecule has 18 heavy (non-hydrogen) atoms. The van der Waals surface area contributed by atoms with Gasteiger partial charge in [0, 0.05) is 19.0 Å². The Morgan fingerprint density at radius 3 is 3.06 bits per heavy atom. The van der Waals surface area contributed by atoms with Crippen molar-refractivity contribution >= 4 is 34.8 Å². The Hall–Kier alpha value is -0.810. The number of morpholine rings is 1. The average molecular weight is 289 g/mol. The number of hydrogen-bond donors (Lipinski definition) is 2. The van der Waals surface area contributed by atoms with Crippen molar-refractivity contribution in [2.24, 2.45) is 0 Å². The Morgan fingerprint density at radius 2 is 2.33 bits per heavy atom. The van der Waals surface area contributed by atoms with Crippen LogP contribution in [0.2, 0.25) is 10.0 Å². The fourth-order valence-corrected chi connectivity index (χ4v) is 2.12. The van der Waals surface area contributed by atoms with Crippen molar-refractivity contribution in [2.45, 2.75) is 12.5 Å². The molecule has 0 aromatic heterocycles. The van der Waals surface area contributed by atoms with Gasteiger partial charge in [0.15, 0.2) is 0 Å². The van der Waals surface area contributed by atoms with Crippen LogP contribution < -0.4 is 10.6 Å². The fourth-order valence-electron chi connectivity index (χ4n) is 1.78. The summed E-state index contributed by atoms with van der Waals surface area (Å²) in [6.07, 6.45) is 0.350. The second kappa shape index (κ2) is 6.38. The number of anilines is 1. The van der Waals surface area contributed by atoms with E-state index in [0.717, 1.165) is 6.54 Å². The molecule has 1 atom stereocenters. The molecule has 1 fully saturated rings. The molecule has 0 aliphatic carbocycles. The summed E-state index contributed by atoms with van der Waals surface area (Å²) in [6, 6.07) is 5.19. The summed E-state index contributed by atoms with van der Waals surface area (Å²) in [5.74, 6) is -0.109. The van der Waals surface area contributed by atoms with Gasteiger partial charge in [-0.1, -0.05) is 29.3 Å². The van der Waals surface area contributed by atoms with E-state index in [0.29, 0.717) is 35.4 Å². The largest absolute Gasteiger partial charge is 0.378 e. The standard InChI is InChI=1S/C12H14Cl2N2O2/c13-9-2-1-3-10(12(9)14)16-11(17)6-8-7-18-5-4-15-8/h1-3,8,15H,4-7H2,(H,16,17). The molecule has 1 aliphatic heterocycles. The second-order valence-corrected chi connectivity index (χ2v) is 4.86. The lowest BCUT2D eigenvalue weighted by atomic mass is 10.2. The Balaban J connectivity index is 1.92. The third-order valence-electron chi connectivity index (χ3n) is 2.66. The molecule has 1 aromatic rings. The van der Waals surface area contributed by atoms with Gasteiger partial charge < -0.3 is 15.4 Å². The highest BCUT2D eigenvalue weighted by Gasteiger charge is 2.17. The summed E-state index contributed by atoms with van der Waals surface area (Å²) in [5.41, 5.74) is 0.533. The normalized spacial score (nSPS) is 19.6.